The van der Waals surface area contributed by atoms with Gasteiger partial charge in [0.2, 0.25) is 0 Å². The highest BCUT2D eigenvalue weighted by atomic mass is 32.1. The van der Waals surface area contributed by atoms with Crippen LogP contribution in [0.3, 0.4) is 0 Å². The Kier molecular flexibility index (Phi) is 2.19. The second-order valence-electron chi connectivity index (χ2n) is 3.85. The van der Waals surface area contributed by atoms with E-state index in [1.165, 1.54) is 21.5 Å². The van der Waals surface area contributed by atoms with Crippen LogP contribution >= 0.6 is 12.2 Å². The highest BCUT2D eigenvalue weighted by Crippen LogP contribution is 2.26. The number of benzene rings is 3. The third kappa shape index (κ3) is 1.33. The quantitative estimate of drug-likeness (QED) is 0.436. The maximum absolute atomic E-state index is 5.04. The maximum Gasteiger partial charge on any atom is 0.00923 e. The Morgan fingerprint density at radius 1 is 0.688 bits per heavy atom. The van der Waals surface area contributed by atoms with E-state index in [0.29, 0.717) is 0 Å². The Bertz CT molecular complexity index is 683. The van der Waals surface area contributed by atoms with E-state index in [0.717, 1.165) is 5.56 Å². The highest BCUT2D eigenvalue weighted by molar-refractivity contribution is 7.79. The fourth-order valence-electron chi connectivity index (χ4n) is 2.17. The molecule has 3 rings (SSSR count). The molecule has 76 valence electrons. The zero-order valence-corrected chi connectivity index (χ0v) is 9.50. The zero-order chi connectivity index (χ0) is 11.0. The molecule has 0 saturated carbocycles. The third-order valence-electron chi connectivity index (χ3n) is 2.95. The van der Waals surface area contributed by atoms with Gasteiger partial charge in [-0.3, -0.25) is 0 Å². The summed E-state index contributed by atoms with van der Waals surface area (Å²) < 4.78 is 0. The summed E-state index contributed by atoms with van der Waals surface area (Å²) in [4.78, 5) is 0. The van der Waals surface area contributed by atoms with Gasteiger partial charge in [-0.1, -0.05) is 66.8 Å². The van der Waals surface area contributed by atoms with Gasteiger partial charge in [0.1, 0.15) is 0 Å². The minimum absolute atomic E-state index is 1.12. The summed E-state index contributed by atoms with van der Waals surface area (Å²) in [5.41, 5.74) is 1.12. The van der Waals surface area contributed by atoms with E-state index in [2.05, 4.69) is 54.6 Å². The van der Waals surface area contributed by atoms with E-state index in [-0.39, 0.29) is 0 Å². The van der Waals surface area contributed by atoms with Crippen molar-refractivity contribution in [1.82, 2.24) is 0 Å². The molecule has 0 fully saturated rings. The van der Waals surface area contributed by atoms with Crippen molar-refractivity contribution < 1.29 is 0 Å². The van der Waals surface area contributed by atoms with Crippen molar-refractivity contribution in [3.05, 3.63) is 60.2 Å². The fraction of sp³-hybridized carbons (Fsp3) is 0. The molecule has 0 aromatic heterocycles. The van der Waals surface area contributed by atoms with Gasteiger partial charge in [-0.05, 0) is 27.1 Å². The maximum atomic E-state index is 5.04. The number of rotatable bonds is 1. The molecule has 0 spiro atoms. The van der Waals surface area contributed by atoms with Crippen LogP contribution < -0.4 is 0 Å². The first-order valence-corrected chi connectivity index (χ1v) is 5.73. The van der Waals surface area contributed by atoms with Gasteiger partial charge in [0, 0.05) is 5.37 Å². The largest absolute Gasteiger partial charge is 0.0881 e. The van der Waals surface area contributed by atoms with Gasteiger partial charge < -0.3 is 0 Å². The lowest BCUT2D eigenvalue weighted by atomic mass is 9.99. The average molecular weight is 222 g/mol. The molecule has 0 nitrogen and oxygen atoms in total. The summed E-state index contributed by atoms with van der Waals surface area (Å²) in [5, 5.41) is 6.82. The first-order valence-electron chi connectivity index (χ1n) is 5.26. The van der Waals surface area contributed by atoms with E-state index in [9.17, 15) is 0 Å². The third-order valence-corrected chi connectivity index (χ3v) is 3.20. The van der Waals surface area contributed by atoms with Crippen molar-refractivity contribution in [2.75, 3.05) is 0 Å². The number of hydrogen-bond acceptors (Lipinski definition) is 1. The van der Waals surface area contributed by atoms with E-state index < -0.39 is 0 Å². The van der Waals surface area contributed by atoms with Crippen molar-refractivity contribution in [2.24, 2.45) is 0 Å². The standard InChI is InChI=1S/C15H10S/c16-10-12-5-3-7-15-13-6-2-1-4-11(13)8-9-14(12)15/h1-10H. The normalized spacial score (nSPS) is 10.8. The molecule has 3 aromatic rings. The summed E-state index contributed by atoms with van der Waals surface area (Å²) in [5.74, 6) is 0. The van der Waals surface area contributed by atoms with Crippen LogP contribution in [-0.2, 0) is 0 Å². The molecule has 0 aliphatic heterocycles. The van der Waals surface area contributed by atoms with Crippen molar-refractivity contribution in [3.8, 4) is 0 Å². The van der Waals surface area contributed by atoms with Gasteiger partial charge >= 0.3 is 0 Å². The predicted octanol–water partition coefficient (Wildman–Crippen LogP) is 4.34. The molecule has 0 aliphatic rings. The minimum atomic E-state index is 1.12. The van der Waals surface area contributed by atoms with Gasteiger partial charge in [0.15, 0.2) is 0 Å². The van der Waals surface area contributed by atoms with Gasteiger partial charge in [-0.2, -0.15) is 0 Å². The predicted molar refractivity (Wildman–Crippen MR) is 74.2 cm³/mol. The first-order chi connectivity index (χ1) is 7.90. The summed E-state index contributed by atoms with van der Waals surface area (Å²) in [7, 11) is 0. The molecule has 0 atom stereocenters. The lowest BCUT2D eigenvalue weighted by molar-refractivity contribution is 1.75. The van der Waals surface area contributed by atoms with Gasteiger partial charge in [0.05, 0.1) is 0 Å². The van der Waals surface area contributed by atoms with Crippen LogP contribution in [0, 0.1) is 0 Å². The molecule has 0 heterocycles. The van der Waals surface area contributed by atoms with Gasteiger partial charge in [0.25, 0.3) is 0 Å². The van der Waals surface area contributed by atoms with Crippen LogP contribution in [-0.4, -0.2) is 5.37 Å². The molecule has 0 amide bonds. The van der Waals surface area contributed by atoms with Crippen LogP contribution in [0.25, 0.3) is 21.5 Å². The monoisotopic (exact) mass is 222 g/mol. The van der Waals surface area contributed by atoms with Crippen molar-refractivity contribution >= 4 is 39.1 Å². The average Bonchev–Trinajstić information content (AvgIpc) is 2.37. The van der Waals surface area contributed by atoms with E-state index in [4.69, 9.17) is 12.2 Å². The lowest BCUT2D eigenvalue weighted by Crippen LogP contribution is -1.83. The fourth-order valence-corrected chi connectivity index (χ4v) is 2.37. The molecule has 0 bridgehead atoms. The molecule has 0 saturated heterocycles. The molecule has 0 N–H and O–H groups in total. The van der Waals surface area contributed by atoms with Gasteiger partial charge in [-0.15, -0.1) is 0 Å². The molecule has 0 unspecified atom stereocenters. The Labute approximate surface area is 99.5 Å². The van der Waals surface area contributed by atoms with Crippen LogP contribution in [0.2, 0.25) is 0 Å². The topological polar surface area (TPSA) is 0 Å². The molecule has 16 heavy (non-hydrogen) atoms. The number of fused-ring (bicyclic) bond motifs is 3. The van der Waals surface area contributed by atoms with Crippen molar-refractivity contribution in [3.63, 3.8) is 0 Å². The Balaban J connectivity index is 2.57. The number of thiocarbonyl (C=S) groups is 1. The Hall–Kier alpha value is -1.73. The SMILES string of the molecule is S=Cc1cccc2c1ccc1ccccc12. The zero-order valence-electron chi connectivity index (χ0n) is 8.68. The molecule has 3 aromatic carbocycles. The summed E-state index contributed by atoms with van der Waals surface area (Å²) >= 11 is 5.04. The summed E-state index contributed by atoms with van der Waals surface area (Å²) in [6.07, 6.45) is 0. The smallest absolute Gasteiger partial charge is 0.00923 e. The summed E-state index contributed by atoms with van der Waals surface area (Å²) in [6.45, 7) is 0. The number of hydrogen-bond donors (Lipinski definition) is 0. The molecule has 0 radical (unpaired) electrons. The highest BCUT2D eigenvalue weighted by Gasteiger charge is 2.01. The van der Waals surface area contributed by atoms with Crippen LogP contribution in [0.4, 0.5) is 0 Å². The summed E-state index contributed by atoms with van der Waals surface area (Å²) in [6, 6.07) is 19.0. The Morgan fingerprint density at radius 3 is 2.38 bits per heavy atom. The van der Waals surface area contributed by atoms with E-state index in [1.54, 1.807) is 5.37 Å². The first kappa shape index (κ1) is 9.49. The van der Waals surface area contributed by atoms with Crippen molar-refractivity contribution in [2.45, 2.75) is 0 Å². The molecule has 0 aliphatic carbocycles. The Morgan fingerprint density at radius 2 is 1.50 bits per heavy atom. The van der Waals surface area contributed by atoms with E-state index >= 15 is 0 Å². The van der Waals surface area contributed by atoms with Crippen LogP contribution in [0.1, 0.15) is 5.56 Å². The molecular weight excluding hydrogens is 212 g/mol. The van der Waals surface area contributed by atoms with Gasteiger partial charge in [-0.25, -0.2) is 0 Å². The van der Waals surface area contributed by atoms with Crippen LogP contribution in [0.5, 0.6) is 0 Å². The molecular formula is C15H10S. The minimum Gasteiger partial charge on any atom is -0.0881 e. The van der Waals surface area contributed by atoms with Crippen LogP contribution in [0.15, 0.2) is 54.6 Å². The second kappa shape index (κ2) is 3.69. The lowest BCUT2D eigenvalue weighted by Gasteiger charge is -2.05. The van der Waals surface area contributed by atoms with E-state index in [1.807, 2.05) is 0 Å². The second-order valence-corrected chi connectivity index (χ2v) is 4.08. The van der Waals surface area contributed by atoms with Crippen molar-refractivity contribution in [1.29, 1.82) is 0 Å². The molecule has 1 heteroatoms.